The Morgan fingerprint density at radius 1 is 1.48 bits per heavy atom. The minimum Gasteiger partial charge on any atom is -0.348 e. The number of rotatable bonds is 6. The first kappa shape index (κ1) is 17.7. The number of carbonyl (C=O) groups is 1. The van der Waals surface area contributed by atoms with Crippen LogP contribution in [0.15, 0.2) is 12.3 Å². The number of hydrogen-bond donors (Lipinski definition) is 1. The summed E-state index contributed by atoms with van der Waals surface area (Å²) >= 11 is 0. The number of aromatic nitrogens is 2. The molecule has 1 fully saturated rings. The lowest BCUT2D eigenvalue weighted by molar-refractivity contribution is 0.0934. The highest BCUT2D eigenvalue weighted by atomic mass is 32.2. The minimum absolute atomic E-state index is 0.0724. The lowest BCUT2D eigenvalue weighted by Gasteiger charge is -2.26. The minimum atomic E-state index is -2.98. The quantitative estimate of drug-likeness (QED) is 0.831. The fourth-order valence-electron chi connectivity index (χ4n) is 2.60. The fraction of sp³-hybridized carbons (Fsp3) is 0.667. The van der Waals surface area contributed by atoms with Crippen LogP contribution >= 0.6 is 0 Å². The van der Waals surface area contributed by atoms with Crippen LogP contribution in [0.25, 0.3) is 0 Å². The SMILES string of the molecule is CCC(C)NC(=O)c1ccnc(N(CC)C2CCS(=O)(=O)C2)n1. The van der Waals surface area contributed by atoms with E-state index in [0.717, 1.165) is 6.42 Å². The maximum Gasteiger partial charge on any atom is 0.270 e. The van der Waals surface area contributed by atoms with Crippen molar-refractivity contribution in [2.75, 3.05) is 23.0 Å². The van der Waals surface area contributed by atoms with Crippen LogP contribution in [0.5, 0.6) is 0 Å². The Morgan fingerprint density at radius 3 is 2.78 bits per heavy atom. The first-order chi connectivity index (χ1) is 10.9. The monoisotopic (exact) mass is 340 g/mol. The van der Waals surface area contributed by atoms with E-state index in [9.17, 15) is 13.2 Å². The molecule has 2 unspecified atom stereocenters. The van der Waals surface area contributed by atoms with Gasteiger partial charge in [-0.1, -0.05) is 6.92 Å². The van der Waals surface area contributed by atoms with Crippen molar-refractivity contribution < 1.29 is 13.2 Å². The van der Waals surface area contributed by atoms with Crippen molar-refractivity contribution in [3.63, 3.8) is 0 Å². The number of carbonyl (C=O) groups excluding carboxylic acids is 1. The van der Waals surface area contributed by atoms with Crippen LogP contribution < -0.4 is 10.2 Å². The predicted octanol–water partition coefficient (Wildman–Crippen LogP) is 1.02. The Morgan fingerprint density at radius 2 is 2.22 bits per heavy atom. The summed E-state index contributed by atoms with van der Waals surface area (Å²) in [7, 11) is -2.98. The van der Waals surface area contributed by atoms with Crippen LogP contribution in [0, 0.1) is 0 Å². The van der Waals surface area contributed by atoms with Crippen molar-refractivity contribution in [2.24, 2.45) is 0 Å². The van der Waals surface area contributed by atoms with Crippen molar-refractivity contribution in [1.29, 1.82) is 0 Å². The van der Waals surface area contributed by atoms with Crippen LogP contribution in [-0.2, 0) is 9.84 Å². The second kappa shape index (κ2) is 7.25. The van der Waals surface area contributed by atoms with Gasteiger partial charge >= 0.3 is 0 Å². The average molecular weight is 340 g/mol. The van der Waals surface area contributed by atoms with E-state index < -0.39 is 9.84 Å². The highest BCUT2D eigenvalue weighted by Crippen LogP contribution is 2.21. The lowest BCUT2D eigenvalue weighted by Crippen LogP contribution is -2.38. The smallest absolute Gasteiger partial charge is 0.270 e. The first-order valence-electron chi connectivity index (χ1n) is 7.97. The van der Waals surface area contributed by atoms with Gasteiger partial charge in [-0.05, 0) is 32.8 Å². The Kier molecular flexibility index (Phi) is 5.56. The van der Waals surface area contributed by atoms with E-state index in [1.54, 1.807) is 12.3 Å². The van der Waals surface area contributed by atoms with Gasteiger partial charge in [0, 0.05) is 24.8 Å². The van der Waals surface area contributed by atoms with Gasteiger partial charge in [0.15, 0.2) is 9.84 Å². The molecule has 0 spiro atoms. The number of hydrogen-bond acceptors (Lipinski definition) is 6. The van der Waals surface area contributed by atoms with E-state index in [1.807, 2.05) is 25.7 Å². The molecule has 1 aliphatic rings. The van der Waals surface area contributed by atoms with Crippen molar-refractivity contribution in [3.05, 3.63) is 18.0 Å². The van der Waals surface area contributed by atoms with Gasteiger partial charge in [0.05, 0.1) is 11.5 Å². The largest absolute Gasteiger partial charge is 0.348 e. The van der Waals surface area contributed by atoms with Crippen LogP contribution in [0.1, 0.15) is 44.1 Å². The third-order valence-corrected chi connectivity index (χ3v) is 5.86. The van der Waals surface area contributed by atoms with Gasteiger partial charge in [0.1, 0.15) is 5.69 Å². The molecule has 0 radical (unpaired) electrons. The van der Waals surface area contributed by atoms with Gasteiger partial charge in [-0.25, -0.2) is 18.4 Å². The number of nitrogens with zero attached hydrogens (tertiary/aromatic N) is 3. The van der Waals surface area contributed by atoms with Crippen molar-refractivity contribution >= 4 is 21.7 Å². The van der Waals surface area contributed by atoms with Crippen LogP contribution in [-0.4, -0.2) is 54.4 Å². The predicted molar refractivity (Wildman–Crippen MR) is 89.3 cm³/mol. The first-order valence-corrected chi connectivity index (χ1v) is 9.79. The summed E-state index contributed by atoms with van der Waals surface area (Å²) in [5.41, 5.74) is 0.301. The molecule has 2 heterocycles. The second-order valence-corrected chi connectivity index (χ2v) is 8.10. The van der Waals surface area contributed by atoms with E-state index in [1.165, 1.54) is 0 Å². The lowest BCUT2D eigenvalue weighted by atomic mass is 10.2. The molecule has 2 rings (SSSR count). The maximum absolute atomic E-state index is 12.2. The van der Waals surface area contributed by atoms with Crippen molar-refractivity contribution in [3.8, 4) is 0 Å². The Hall–Kier alpha value is -1.70. The molecule has 0 saturated carbocycles. The molecule has 128 valence electrons. The number of nitrogens with one attached hydrogen (secondary N) is 1. The summed E-state index contributed by atoms with van der Waals surface area (Å²) in [5, 5.41) is 2.87. The summed E-state index contributed by atoms with van der Waals surface area (Å²) in [6.07, 6.45) is 2.95. The van der Waals surface area contributed by atoms with E-state index >= 15 is 0 Å². The summed E-state index contributed by atoms with van der Waals surface area (Å²) in [5.74, 6) is 0.486. The maximum atomic E-state index is 12.2. The summed E-state index contributed by atoms with van der Waals surface area (Å²) in [4.78, 5) is 22.6. The van der Waals surface area contributed by atoms with E-state index in [0.29, 0.717) is 24.6 Å². The van der Waals surface area contributed by atoms with Crippen LogP contribution in [0.2, 0.25) is 0 Å². The zero-order valence-corrected chi connectivity index (χ0v) is 14.6. The van der Waals surface area contributed by atoms with Gasteiger partial charge < -0.3 is 10.2 Å². The zero-order valence-electron chi connectivity index (χ0n) is 13.8. The molecule has 0 bridgehead atoms. The highest BCUT2D eigenvalue weighted by Gasteiger charge is 2.33. The number of anilines is 1. The zero-order chi connectivity index (χ0) is 17.0. The molecular formula is C15H24N4O3S. The molecule has 1 saturated heterocycles. The van der Waals surface area contributed by atoms with E-state index in [-0.39, 0.29) is 29.5 Å². The Balaban J connectivity index is 2.19. The topological polar surface area (TPSA) is 92.3 Å². The molecule has 1 amide bonds. The summed E-state index contributed by atoms with van der Waals surface area (Å²) in [6.45, 7) is 6.45. The van der Waals surface area contributed by atoms with Gasteiger partial charge in [0.2, 0.25) is 5.95 Å². The molecule has 8 heteroatoms. The number of amides is 1. The molecule has 0 aliphatic carbocycles. The molecular weight excluding hydrogens is 316 g/mol. The molecule has 1 N–H and O–H groups in total. The molecule has 1 aromatic rings. The summed E-state index contributed by atoms with van der Waals surface area (Å²) < 4.78 is 23.4. The molecule has 23 heavy (non-hydrogen) atoms. The molecule has 7 nitrogen and oxygen atoms in total. The molecule has 1 aromatic heterocycles. The molecule has 0 aromatic carbocycles. The van der Waals surface area contributed by atoms with Gasteiger partial charge in [-0.2, -0.15) is 0 Å². The Labute approximate surface area is 137 Å². The van der Waals surface area contributed by atoms with E-state index in [2.05, 4.69) is 15.3 Å². The van der Waals surface area contributed by atoms with E-state index in [4.69, 9.17) is 0 Å². The van der Waals surface area contributed by atoms with Gasteiger partial charge in [0.25, 0.3) is 5.91 Å². The highest BCUT2D eigenvalue weighted by molar-refractivity contribution is 7.91. The summed E-state index contributed by atoms with van der Waals surface area (Å²) in [6, 6.07) is 1.52. The van der Waals surface area contributed by atoms with Gasteiger partial charge in [-0.15, -0.1) is 0 Å². The van der Waals surface area contributed by atoms with Crippen LogP contribution in [0.4, 0.5) is 5.95 Å². The van der Waals surface area contributed by atoms with Crippen molar-refractivity contribution in [2.45, 2.75) is 45.7 Å². The standard InChI is InChI=1S/C15H24N4O3S/c1-4-11(3)17-14(20)13-6-8-16-15(18-13)19(5-2)12-7-9-23(21,22)10-12/h6,8,11-12H,4-5,7,9-10H2,1-3H3,(H,17,20). The Bertz CT molecular complexity index is 662. The van der Waals surface area contributed by atoms with Crippen LogP contribution in [0.3, 0.4) is 0 Å². The van der Waals surface area contributed by atoms with Crippen molar-refractivity contribution in [1.82, 2.24) is 15.3 Å². The third kappa shape index (κ3) is 4.40. The third-order valence-electron chi connectivity index (χ3n) is 4.11. The molecule has 2 atom stereocenters. The fourth-order valence-corrected chi connectivity index (χ4v) is 4.33. The second-order valence-electron chi connectivity index (χ2n) is 5.87. The number of sulfone groups is 1. The van der Waals surface area contributed by atoms with Gasteiger partial charge in [-0.3, -0.25) is 4.79 Å². The average Bonchev–Trinajstić information content (AvgIpc) is 2.88. The normalized spacial score (nSPS) is 20.9. The molecule has 1 aliphatic heterocycles.